The third-order valence-electron chi connectivity index (χ3n) is 5.11. The van der Waals surface area contributed by atoms with Crippen LogP contribution in [-0.2, 0) is 14.8 Å². The summed E-state index contributed by atoms with van der Waals surface area (Å²) in [7, 11) is -3.78. The van der Waals surface area contributed by atoms with Crippen molar-refractivity contribution in [2.45, 2.75) is 51.8 Å². The minimum Gasteiger partial charge on any atom is -0.487 e. The molecule has 0 aliphatic carbocycles. The molecule has 0 radical (unpaired) electrons. The number of hydrogen-bond acceptors (Lipinski definition) is 4. The van der Waals surface area contributed by atoms with Gasteiger partial charge in [0.2, 0.25) is 15.9 Å². The normalized spacial score (nSPS) is 18.7. The highest BCUT2D eigenvalue weighted by Gasteiger charge is 2.37. The van der Waals surface area contributed by atoms with Gasteiger partial charge in [0, 0.05) is 12.0 Å². The maximum Gasteiger partial charge on any atom is 0.244 e. The molecule has 2 aromatic carbocycles. The first-order valence-electron chi connectivity index (χ1n) is 9.72. The van der Waals surface area contributed by atoms with Crippen LogP contribution in [0.3, 0.4) is 0 Å². The van der Waals surface area contributed by atoms with Crippen LogP contribution in [0.4, 0.5) is 10.1 Å². The van der Waals surface area contributed by atoms with Gasteiger partial charge in [0.05, 0.1) is 18.0 Å². The van der Waals surface area contributed by atoms with Gasteiger partial charge >= 0.3 is 0 Å². The van der Waals surface area contributed by atoms with Crippen molar-refractivity contribution in [1.82, 2.24) is 5.32 Å². The molecule has 162 valence electrons. The van der Waals surface area contributed by atoms with E-state index in [-0.39, 0.29) is 11.7 Å². The van der Waals surface area contributed by atoms with Crippen LogP contribution in [0.2, 0.25) is 0 Å². The summed E-state index contributed by atoms with van der Waals surface area (Å²) < 4.78 is 45.2. The summed E-state index contributed by atoms with van der Waals surface area (Å²) in [5, 5.41) is 2.98. The molecule has 0 saturated carbocycles. The number of aryl methyl sites for hydroxylation is 1. The molecule has 0 fully saturated rings. The van der Waals surface area contributed by atoms with Crippen molar-refractivity contribution in [3.8, 4) is 5.75 Å². The Morgan fingerprint density at radius 2 is 1.87 bits per heavy atom. The molecule has 1 aliphatic rings. The van der Waals surface area contributed by atoms with Crippen molar-refractivity contribution in [3.05, 3.63) is 59.4 Å². The Hall–Kier alpha value is -2.61. The van der Waals surface area contributed by atoms with Gasteiger partial charge in [-0.15, -0.1) is 0 Å². The number of carbonyl (C=O) groups excluding carboxylic acids is 1. The van der Waals surface area contributed by atoms with Gasteiger partial charge in [0.25, 0.3) is 0 Å². The quantitative estimate of drug-likeness (QED) is 0.779. The lowest BCUT2D eigenvalue weighted by molar-refractivity contribution is -0.123. The van der Waals surface area contributed by atoms with E-state index in [1.54, 1.807) is 0 Å². The summed E-state index contributed by atoms with van der Waals surface area (Å²) in [5.41, 5.74) is 1.64. The van der Waals surface area contributed by atoms with Gasteiger partial charge in [-0.25, -0.2) is 12.8 Å². The Bertz CT molecular complexity index is 1050. The number of anilines is 1. The summed E-state index contributed by atoms with van der Waals surface area (Å²) in [5.74, 6) is -0.220. The standard InChI is InChI=1S/C22H27FN2O4S/c1-14-6-11-18-19(13-22(3,4)29-20(18)12-14)24-21(26)15(2)25(30(5,27)28)17-9-7-16(23)8-10-17/h6-12,15,19H,13H2,1-5H3,(H,24,26)/t15-,19+/m1/s1. The van der Waals surface area contributed by atoms with Crippen LogP contribution in [-0.4, -0.2) is 32.2 Å². The average molecular weight is 435 g/mol. The summed E-state index contributed by atoms with van der Waals surface area (Å²) >= 11 is 0. The van der Waals surface area contributed by atoms with Crippen molar-refractivity contribution >= 4 is 21.6 Å². The first-order chi connectivity index (χ1) is 13.9. The van der Waals surface area contributed by atoms with Crippen molar-refractivity contribution < 1.29 is 22.3 Å². The van der Waals surface area contributed by atoms with Crippen LogP contribution >= 0.6 is 0 Å². The van der Waals surface area contributed by atoms with Crippen LogP contribution in [0.1, 0.15) is 44.4 Å². The van der Waals surface area contributed by atoms with Crippen LogP contribution in [0.25, 0.3) is 0 Å². The van der Waals surface area contributed by atoms with Crippen LogP contribution in [0.15, 0.2) is 42.5 Å². The monoisotopic (exact) mass is 434 g/mol. The smallest absolute Gasteiger partial charge is 0.244 e. The molecule has 0 spiro atoms. The Labute approximate surface area is 177 Å². The van der Waals surface area contributed by atoms with Gasteiger partial charge in [-0.1, -0.05) is 12.1 Å². The van der Waals surface area contributed by atoms with Gasteiger partial charge in [-0.3, -0.25) is 9.10 Å². The van der Waals surface area contributed by atoms with E-state index in [1.807, 2.05) is 39.0 Å². The lowest BCUT2D eigenvalue weighted by Crippen LogP contribution is -2.50. The van der Waals surface area contributed by atoms with Gasteiger partial charge in [-0.2, -0.15) is 0 Å². The zero-order valence-corrected chi connectivity index (χ0v) is 18.6. The summed E-state index contributed by atoms with van der Waals surface area (Å²) in [4.78, 5) is 13.1. The number of ether oxygens (including phenoxy) is 1. The fraction of sp³-hybridized carbons (Fsp3) is 0.409. The van der Waals surface area contributed by atoms with E-state index >= 15 is 0 Å². The number of halogens is 1. The lowest BCUT2D eigenvalue weighted by Gasteiger charge is -2.39. The second-order valence-electron chi connectivity index (χ2n) is 8.38. The van der Waals surface area contributed by atoms with Crippen molar-refractivity contribution in [1.29, 1.82) is 0 Å². The largest absolute Gasteiger partial charge is 0.487 e. The fourth-order valence-corrected chi connectivity index (χ4v) is 4.95. The molecular formula is C22H27FN2O4S. The highest BCUT2D eigenvalue weighted by molar-refractivity contribution is 7.92. The number of nitrogens with zero attached hydrogens (tertiary/aromatic N) is 1. The van der Waals surface area contributed by atoms with E-state index < -0.39 is 33.4 Å². The molecule has 30 heavy (non-hydrogen) atoms. The second-order valence-corrected chi connectivity index (χ2v) is 10.2. The Morgan fingerprint density at radius 1 is 1.23 bits per heavy atom. The van der Waals surface area contributed by atoms with E-state index in [0.717, 1.165) is 33.8 Å². The molecule has 1 N–H and O–H groups in total. The number of amides is 1. The number of carbonyl (C=O) groups is 1. The zero-order chi connectivity index (χ0) is 22.3. The molecule has 1 aliphatic heterocycles. The van der Waals surface area contributed by atoms with E-state index in [9.17, 15) is 17.6 Å². The maximum absolute atomic E-state index is 13.3. The van der Waals surface area contributed by atoms with Gasteiger partial charge in [-0.05, 0) is 63.6 Å². The Morgan fingerprint density at radius 3 is 2.47 bits per heavy atom. The second kappa shape index (κ2) is 7.91. The van der Waals surface area contributed by atoms with Gasteiger partial charge < -0.3 is 10.1 Å². The minimum absolute atomic E-state index is 0.227. The van der Waals surface area contributed by atoms with Gasteiger partial charge in [0.15, 0.2) is 0 Å². The van der Waals surface area contributed by atoms with Crippen LogP contribution < -0.4 is 14.4 Å². The summed E-state index contributed by atoms with van der Waals surface area (Å²) in [6.45, 7) is 7.37. The number of fused-ring (bicyclic) bond motifs is 1. The molecule has 2 atom stereocenters. The average Bonchev–Trinajstić information content (AvgIpc) is 2.61. The van der Waals surface area contributed by atoms with Crippen LogP contribution in [0.5, 0.6) is 5.75 Å². The zero-order valence-electron chi connectivity index (χ0n) is 17.8. The van der Waals surface area contributed by atoms with E-state index in [1.165, 1.54) is 19.1 Å². The third-order valence-corrected chi connectivity index (χ3v) is 6.35. The van der Waals surface area contributed by atoms with Crippen molar-refractivity contribution in [2.75, 3.05) is 10.6 Å². The molecule has 1 heterocycles. The molecule has 0 bridgehead atoms. The SMILES string of the molecule is Cc1ccc2c(c1)OC(C)(C)C[C@@H]2NC(=O)[C@@H](C)N(c1ccc(F)cc1)S(C)(=O)=O. The molecule has 3 rings (SSSR count). The first-order valence-corrected chi connectivity index (χ1v) is 11.6. The highest BCUT2D eigenvalue weighted by Crippen LogP contribution is 2.40. The molecule has 1 amide bonds. The predicted molar refractivity (Wildman–Crippen MR) is 115 cm³/mol. The summed E-state index contributed by atoms with van der Waals surface area (Å²) in [6, 6.07) is 9.47. The topological polar surface area (TPSA) is 75.7 Å². The Kier molecular flexibility index (Phi) is 5.82. The number of sulfonamides is 1. The minimum atomic E-state index is -3.78. The highest BCUT2D eigenvalue weighted by atomic mass is 32.2. The maximum atomic E-state index is 13.3. The first kappa shape index (κ1) is 22.1. The predicted octanol–water partition coefficient (Wildman–Crippen LogP) is 3.71. The fourth-order valence-electron chi connectivity index (χ4n) is 3.78. The molecule has 8 heteroatoms. The lowest BCUT2D eigenvalue weighted by atomic mass is 9.89. The van der Waals surface area contributed by atoms with E-state index in [2.05, 4.69) is 5.32 Å². The van der Waals surface area contributed by atoms with E-state index in [4.69, 9.17) is 4.74 Å². The molecule has 0 unspecified atom stereocenters. The number of hydrogen-bond donors (Lipinski definition) is 1. The molecule has 6 nitrogen and oxygen atoms in total. The van der Waals surface area contributed by atoms with E-state index in [0.29, 0.717) is 12.2 Å². The molecular weight excluding hydrogens is 407 g/mol. The summed E-state index contributed by atoms with van der Waals surface area (Å²) in [6.07, 6.45) is 1.56. The molecule has 0 saturated heterocycles. The third kappa shape index (κ3) is 4.75. The van der Waals surface area contributed by atoms with Gasteiger partial charge in [0.1, 0.15) is 23.2 Å². The number of nitrogens with one attached hydrogen (secondary N) is 1. The van der Waals surface area contributed by atoms with Crippen LogP contribution in [0, 0.1) is 12.7 Å². The van der Waals surface area contributed by atoms with Crippen molar-refractivity contribution in [2.24, 2.45) is 0 Å². The number of rotatable bonds is 5. The Balaban J connectivity index is 1.89. The molecule has 2 aromatic rings. The number of benzene rings is 2. The van der Waals surface area contributed by atoms with Crippen molar-refractivity contribution in [3.63, 3.8) is 0 Å². The molecule has 0 aromatic heterocycles.